The molecular formula is C13H21NO4. The van der Waals surface area contributed by atoms with Crippen LogP contribution in [0.2, 0.25) is 0 Å². The van der Waals surface area contributed by atoms with Crippen LogP contribution in [0.1, 0.15) is 35.7 Å². The molecule has 5 heteroatoms. The molecule has 0 bridgehead atoms. The Labute approximate surface area is 107 Å². The number of carbonyl (C=O) groups is 1. The smallest absolute Gasteiger partial charge is 0.287 e. The summed E-state index contributed by atoms with van der Waals surface area (Å²) in [6.07, 6.45) is 0.903. The van der Waals surface area contributed by atoms with Gasteiger partial charge in [0.15, 0.2) is 5.76 Å². The summed E-state index contributed by atoms with van der Waals surface area (Å²) >= 11 is 0. The van der Waals surface area contributed by atoms with Gasteiger partial charge < -0.3 is 19.6 Å². The van der Waals surface area contributed by atoms with E-state index >= 15 is 0 Å². The molecule has 18 heavy (non-hydrogen) atoms. The van der Waals surface area contributed by atoms with Crippen LogP contribution < -0.4 is 5.32 Å². The Morgan fingerprint density at radius 3 is 2.72 bits per heavy atom. The van der Waals surface area contributed by atoms with Gasteiger partial charge in [-0.15, -0.1) is 0 Å². The molecule has 1 unspecified atom stereocenters. The number of amides is 1. The third-order valence-corrected chi connectivity index (χ3v) is 2.68. The maximum absolute atomic E-state index is 11.8. The van der Waals surface area contributed by atoms with Crippen LogP contribution in [-0.2, 0) is 17.6 Å². The van der Waals surface area contributed by atoms with Gasteiger partial charge in [-0.3, -0.25) is 4.79 Å². The highest BCUT2D eigenvalue weighted by Gasteiger charge is 2.15. The minimum atomic E-state index is -0.704. The third kappa shape index (κ3) is 3.85. The number of nitrogens with one attached hydrogen (secondary N) is 1. The van der Waals surface area contributed by atoms with Crippen molar-refractivity contribution < 1.29 is 19.1 Å². The molecule has 0 spiro atoms. The molecule has 0 aliphatic carbocycles. The molecule has 1 aromatic heterocycles. The zero-order valence-electron chi connectivity index (χ0n) is 11.2. The van der Waals surface area contributed by atoms with E-state index in [0.29, 0.717) is 5.76 Å². The van der Waals surface area contributed by atoms with Gasteiger partial charge in [0.1, 0.15) is 5.76 Å². The lowest BCUT2D eigenvalue weighted by Crippen LogP contribution is -2.34. The standard InChI is InChI=1S/C13H21NO4/c1-4-9-6-12(18-11(9)5-2)13(16)14-7-10(15)8-17-3/h6,10,15H,4-5,7-8H2,1-3H3,(H,14,16). The number of hydrogen-bond acceptors (Lipinski definition) is 4. The molecule has 102 valence electrons. The van der Waals surface area contributed by atoms with Crippen molar-refractivity contribution in [2.45, 2.75) is 32.8 Å². The van der Waals surface area contributed by atoms with Crippen LogP contribution in [0.3, 0.4) is 0 Å². The van der Waals surface area contributed by atoms with Crippen LogP contribution in [0, 0.1) is 0 Å². The molecule has 0 aliphatic rings. The van der Waals surface area contributed by atoms with E-state index in [1.54, 1.807) is 6.07 Å². The number of aliphatic hydroxyl groups excluding tert-OH is 1. The number of rotatable bonds is 7. The van der Waals surface area contributed by atoms with E-state index in [2.05, 4.69) is 5.32 Å². The van der Waals surface area contributed by atoms with Crippen molar-refractivity contribution in [3.05, 3.63) is 23.2 Å². The Hall–Kier alpha value is -1.33. The van der Waals surface area contributed by atoms with Crippen molar-refractivity contribution in [2.24, 2.45) is 0 Å². The number of ether oxygens (including phenoxy) is 1. The summed E-state index contributed by atoms with van der Waals surface area (Å²) in [5, 5.41) is 12.0. The molecule has 1 atom stereocenters. The van der Waals surface area contributed by atoms with Crippen LogP contribution in [0.4, 0.5) is 0 Å². The van der Waals surface area contributed by atoms with E-state index in [1.165, 1.54) is 7.11 Å². The summed E-state index contributed by atoms with van der Waals surface area (Å²) < 4.78 is 10.3. The fraction of sp³-hybridized carbons (Fsp3) is 0.615. The summed E-state index contributed by atoms with van der Waals surface area (Å²) in [4.78, 5) is 11.8. The van der Waals surface area contributed by atoms with E-state index in [0.717, 1.165) is 24.2 Å². The van der Waals surface area contributed by atoms with Crippen molar-refractivity contribution in [1.29, 1.82) is 0 Å². The fourth-order valence-corrected chi connectivity index (χ4v) is 1.73. The predicted octanol–water partition coefficient (Wildman–Crippen LogP) is 1.14. The van der Waals surface area contributed by atoms with Gasteiger partial charge in [-0.05, 0) is 18.1 Å². The predicted molar refractivity (Wildman–Crippen MR) is 67.7 cm³/mol. The van der Waals surface area contributed by atoms with E-state index < -0.39 is 6.10 Å². The van der Waals surface area contributed by atoms with Gasteiger partial charge in [-0.1, -0.05) is 13.8 Å². The van der Waals surface area contributed by atoms with E-state index in [9.17, 15) is 9.90 Å². The van der Waals surface area contributed by atoms with Gasteiger partial charge in [0.05, 0.1) is 12.7 Å². The molecule has 0 fully saturated rings. The van der Waals surface area contributed by atoms with Crippen LogP contribution in [-0.4, -0.2) is 37.4 Å². The van der Waals surface area contributed by atoms with Crippen molar-refractivity contribution in [3.8, 4) is 0 Å². The van der Waals surface area contributed by atoms with Gasteiger partial charge in [0.25, 0.3) is 5.91 Å². The largest absolute Gasteiger partial charge is 0.456 e. The average Bonchev–Trinajstić information content (AvgIpc) is 2.79. The first-order valence-corrected chi connectivity index (χ1v) is 6.19. The lowest BCUT2D eigenvalue weighted by atomic mass is 10.1. The highest BCUT2D eigenvalue weighted by molar-refractivity contribution is 5.91. The SMILES string of the molecule is CCc1cc(C(=O)NCC(O)COC)oc1CC. The van der Waals surface area contributed by atoms with Crippen molar-refractivity contribution in [2.75, 3.05) is 20.3 Å². The van der Waals surface area contributed by atoms with Crippen LogP contribution in [0.25, 0.3) is 0 Å². The molecule has 0 aromatic carbocycles. The number of furan rings is 1. The zero-order chi connectivity index (χ0) is 13.5. The lowest BCUT2D eigenvalue weighted by Gasteiger charge is -2.09. The number of methoxy groups -OCH3 is 1. The minimum absolute atomic E-state index is 0.149. The number of hydrogen-bond donors (Lipinski definition) is 2. The summed E-state index contributed by atoms with van der Waals surface area (Å²) in [5.41, 5.74) is 1.06. The Bertz CT molecular complexity index is 365. The molecule has 0 radical (unpaired) electrons. The fourth-order valence-electron chi connectivity index (χ4n) is 1.73. The quantitative estimate of drug-likeness (QED) is 0.766. The normalized spacial score (nSPS) is 12.4. The maximum Gasteiger partial charge on any atom is 0.287 e. The molecule has 5 nitrogen and oxygen atoms in total. The van der Waals surface area contributed by atoms with Crippen LogP contribution in [0.5, 0.6) is 0 Å². The van der Waals surface area contributed by atoms with Crippen molar-refractivity contribution >= 4 is 5.91 Å². The molecule has 0 saturated carbocycles. The second kappa shape index (κ2) is 7.18. The Morgan fingerprint density at radius 1 is 1.50 bits per heavy atom. The van der Waals surface area contributed by atoms with Crippen molar-refractivity contribution in [1.82, 2.24) is 5.32 Å². The highest BCUT2D eigenvalue weighted by Crippen LogP contribution is 2.16. The highest BCUT2D eigenvalue weighted by atomic mass is 16.5. The molecule has 1 aromatic rings. The minimum Gasteiger partial charge on any atom is -0.456 e. The summed E-state index contributed by atoms with van der Waals surface area (Å²) in [6, 6.07) is 1.76. The molecule has 0 saturated heterocycles. The monoisotopic (exact) mass is 255 g/mol. The van der Waals surface area contributed by atoms with Gasteiger partial charge in [0.2, 0.25) is 0 Å². The van der Waals surface area contributed by atoms with Gasteiger partial charge >= 0.3 is 0 Å². The molecule has 1 rings (SSSR count). The number of carbonyl (C=O) groups excluding carboxylic acids is 1. The van der Waals surface area contributed by atoms with Gasteiger partial charge in [-0.25, -0.2) is 0 Å². The van der Waals surface area contributed by atoms with Crippen LogP contribution >= 0.6 is 0 Å². The van der Waals surface area contributed by atoms with E-state index in [1.807, 2.05) is 13.8 Å². The second-order valence-corrected chi connectivity index (χ2v) is 4.09. The summed E-state index contributed by atoms with van der Waals surface area (Å²) in [7, 11) is 1.50. The number of aliphatic hydroxyl groups is 1. The second-order valence-electron chi connectivity index (χ2n) is 4.09. The molecule has 2 N–H and O–H groups in total. The average molecular weight is 255 g/mol. The van der Waals surface area contributed by atoms with Crippen molar-refractivity contribution in [3.63, 3.8) is 0 Å². The topological polar surface area (TPSA) is 71.7 Å². The van der Waals surface area contributed by atoms with Gasteiger partial charge in [-0.2, -0.15) is 0 Å². The summed E-state index contributed by atoms with van der Waals surface area (Å²) in [6.45, 7) is 4.35. The van der Waals surface area contributed by atoms with Gasteiger partial charge in [0, 0.05) is 20.1 Å². The molecule has 1 heterocycles. The third-order valence-electron chi connectivity index (χ3n) is 2.68. The molecular weight excluding hydrogens is 234 g/mol. The first-order chi connectivity index (χ1) is 8.62. The van der Waals surface area contributed by atoms with E-state index in [-0.39, 0.29) is 19.1 Å². The molecule has 0 aliphatic heterocycles. The maximum atomic E-state index is 11.8. The zero-order valence-corrected chi connectivity index (χ0v) is 11.2. The number of aryl methyl sites for hydroxylation is 2. The first-order valence-electron chi connectivity index (χ1n) is 6.19. The molecule has 1 amide bonds. The lowest BCUT2D eigenvalue weighted by molar-refractivity contribution is 0.0603. The van der Waals surface area contributed by atoms with E-state index in [4.69, 9.17) is 9.15 Å². The summed E-state index contributed by atoms with van der Waals surface area (Å²) in [5.74, 6) is 0.841. The first kappa shape index (κ1) is 14.7. The Morgan fingerprint density at radius 2 is 2.22 bits per heavy atom. The Kier molecular flexibility index (Phi) is 5.88. The Balaban J connectivity index is 2.58. The van der Waals surface area contributed by atoms with Crippen LogP contribution in [0.15, 0.2) is 10.5 Å².